The lowest BCUT2D eigenvalue weighted by Gasteiger charge is -2.20. The summed E-state index contributed by atoms with van der Waals surface area (Å²) >= 11 is 9.50. The van der Waals surface area contributed by atoms with Crippen LogP contribution < -0.4 is 0 Å². The van der Waals surface area contributed by atoms with Crippen molar-refractivity contribution in [2.75, 3.05) is 0 Å². The zero-order chi connectivity index (χ0) is 17.2. The number of benzene rings is 2. The lowest BCUT2D eigenvalue weighted by atomic mass is 10.2. The molecule has 0 unspecified atom stereocenters. The van der Waals surface area contributed by atoms with Gasteiger partial charge in [0.25, 0.3) is 0 Å². The summed E-state index contributed by atoms with van der Waals surface area (Å²) in [4.78, 5) is 2.39. The maximum atomic E-state index is 5.98. The fourth-order valence-corrected chi connectivity index (χ4v) is 3.39. The zero-order valence-corrected chi connectivity index (χ0v) is 15.9. The van der Waals surface area contributed by atoms with E-state index in [4.69, 9.17) is 16.0 Å². The van der Waals surface area contributed by atoms with Crippen LogP contribution in [0.5, 0.6) is 0 Å². The van der Waals surface area contributed by atoms with Gasteiger partial charge >= 0.3 is 0 Å². The topological polar surface area (TPSA) is 42.2 Å². The molecule has 1 aromatic heterocycles. The number of halogens is 2. The third-order valence-corrected chi connectivity index (χ3v) is 5.22. The molecule has 128 valence electrons. The van der Waals surface area contributed by atoms with Crippen LogP contribution in [0.15, 0.2) is 57.4 Å². The predicted octanol–water partition coefficient (Wildman–Crippen LogP) is 5.32. The van der Waals surface area contributed by atoms with Gasteiger partial charge in [-0.05, 0) is 58.6 Å². The first-order valence-electron chi connectivity index (χ1n) is 8.25. The van der Waals surface area contributed by atoms with Crippen LogP contribution in [0.2, 0.25) is 5.02 Å². The van der Waals surface area contributed by atoms with Crippen LogP contribution in [0.3, 0.4) is 0 Å². The zero-order valence-electron chi connectivity index (χ0n) is 13.5. The van der Waals surface area contributed by atoms with E-state index in [1.165, 1.54) is 18.4 Å². The van der Waals surface area contributed by atoms with Gasteiger partial charge in [0, 0.05) is 22.1 Å². The Kier molecular flexibility index (Phi) is 4.88. The highest BCUT2D eigenvalue weighted by Crippen LogP contribution is 2.31. The summed E-state index contributed by atoms with van der Waals surface area (Å²) in [6.45, 7) is 1.51. The van der Waals surface area contributed by atoms with E-state index in [1.54, 1.807) is 0 Å². The molecule has 1 aliphatic carbocycles. The van der Waals surface area contributed by atoms with Gasteiger partial charge in [0.15, 0.2) is 0 Å². The highest BCUT2D eigenvalue weighted by atomic mass is 79.9. The molecule has 0 spiro atoms. The minimum Gasteiger partial charge on any atom is -0.419 e. The molecule has 1 heterocycles. The van der Waals surface area contributed by atoms with Crippen molar-refractivity contribution in [3.8, 4) is 11.5 Å². The predicted molar refractivity (Wildman–Crippen MR) is 101 cm³/mol. The smallest absolute Gasteiger partial charge is 0.248 e. The second-order valence-corrected chi connectivity index (χ2v) is 7.53. The summed E-state index contributed by atoms with van der Waals surface area (Å²) in [5.41, 5.74) is 2.15. The Morgan fingerprint density at radius 1 is 1.04 bits per heavy atom. The molecule has 2 aromatic carbocycles. The molecule has 4 rings (SSSR count). The van der Waals surface area contributed by atoms with Crippen LogP contribution in [-0.4, -0.2) is 21.1 Å². The summed E-state index contributed by atoms with van der Waals surface area (Å²) in [5, 5.41) is 9.21. The minimum atomic E-state index is 0.546. The van der Waals surface area contributed by atoms with Crippen molar-refractivity contribution in [2.24, 2.45) is 0 Å². The summed E-state index contributed by atoms with van der Waals surface area (Å²) in [7, 11) is 0. The van der Waals surface area contributed by atoms with Crippen LogP contribution in [0.4, 0.5) is 0 Å². The van der Waals surface area contributed by atoms with Gasteiger partial charge in [0.2, 0.25) is 11.8 Å². The van der Waals surface area contributed by atoms with Crippen LogP contribution in [0, 0.1) is 0 Å². The fraction of sp³-hybridized carbons (Fsp3) is 0.263. The molecule has 1 saturated carbocycles. The number of rotatable bonds is 6. The molecule has 1 fully saturated rings. The number of hydrogen-bond donors (Lipinski definition) is 0. The Balaban J connectivity index is 1.49. The minimum absolute atomic E-state index is 0.546. The lowest BCUT2D eigenvalue weighted by Crippen LogP contribution is -2.25. The molecule has 0 atom stereocenters. The maximum Gasteiger partial charge on any atom is 0.248 e. The molecular formula is C19H17BrClN3O. The van der Waals surface area contributed by atoms with Crippen LogP contribution >= 0.6 is 27.5 Å². The van der Waals surface area contributed by atoms with Gasteiger partial charge in [-0.2, -0.15) is 0 Å². The van der Waals surface area contributed by atoms with E-state index in [1.807, 2.05) is 36.4 Å². The van der Waals surface area contributed by atoms with Gasteiger partial charge in [-0.15, -0.1) is 10.2 Å². The van der Waals surface area contributed by atoms with Crippen molar-refractivity contribution < 1.29 is 4.42 Å². The molecule has 0 amide bonds. The maximum absolute atomic E-state index is 5.98. The van der Waals surface area contributed by atoms with Crippen molar-refractivity contribution >= 4 is 27.5 Å². The summed E-state index contributed by atoms with van der Waals surface area (Å²) in [6, 6.07) is 16.4. The highest BCUT2D eigenvalue weighted by Gasteiger charge is 2.30. The Morgan fingerprint density at radius 2 is 1.80 bits per heavy atom. The van der Waals surface area contributed by atoms with E-state index in [2.05, 4.69) is 43.2 Å². The van der Waals surface area contributed by atoms with Crippen LogP contribution in [0.25, 0.3) is 11.5 Å². The average Bonchev–Trinajstić information content (AvgIpc) is 3.36. The molecular weight excluding hydrogens is 402 g/mol. The average molecular weight is 419 g/mol. The molecule has 0 radical (unpaired) electrons. The summed E-state index contributed by atoms with van der Waals surface area (Å²) < 4.78 is 6.85. The van der Waals surface area contributed by atoms with E-state index in [9.17, 15) is 0 Å². The van der Waals surface area contributed by atoms with Crippen LogP contribution in [0.1, 0.15) is 24.3 Å². The van der Waals surface area contributed by atoms with E-state index in [0.717, 1.165) is 21.6 Å². The van der Waals surface area contributed by atoms with Gasteiger partial charge in [-0.1, -0.05) is 35.9 Å². The van der Waals surface area contributed by atoms with Gasteiger partial charge in [0.1, 0.15) is 0 Å². The van der Waals surface area contributed by atoms with Crippen LogP contribution in [-0.2, 0) is 13.1 Å². The van der Waals surface area contributed by atoms with Gasteiger partial charge in [-0.3, -0.25) is 4.90 Å². The van der Waals surface area contributed by atoms with Gasteiger partial charge in [0.05, 0.1) is 12.1 Å². The number of aromatic nitrogens is 2. The lowest BCUT2D eigenvalue weighted by molar-refractivity contribution is 0.221. The Hall–Kier alpha value is -1.69. The number of nitrogens with zero attached hydrogens (tertiary/aromatic N) is 3. The molecule has 1 aliphatic rings. The molecule has 25 heavy (non-hydrogen) atoms. The summed E-state index contributed by atoms with van der Waals surface area (Å²) in [5.74, 6) is 1.19. The second kappa shape index (κ2) is 7.28. The van der Waals surface area contributed by atoms with Crippen molar-refractivity contribution in [1.29, 1.82) is 0 Å². The first-order chi connectivity index (χ1) is 12.2. The highest BCUT2D eigenvalue weighted by molar-refractivity contribution is 9.10. The molecule has 3 aromatic rings. The first-order valence-corrected chi connectivity index (χ1v) is 9.42. The first kappa shape index (κ1) is 16.8. The standard InChI is InChI=1S/C19H17BrClN3O/c20-17-4-2-1-3-16(17)19-23-22-18(25-19)12-24(15-9-10-15)11-13-5-7-14(21)8-6-13/h1-8,15H,9-12H2. The normalized spacial score (nSPS) is 14.2. The Bertz CT molecular complexity index is 861. The van der Waals surface area contributed by atoms with E-state index in [0.29, 0.717) is 24.4 Å². The van der Waals surface area contributed by atoms with Crippen molar-refractivity contribution in [2.45, 2.75) is 32.0 Å². The SMILES string of the molecule is Clc1ccc(CN(Cc2nnc(-c3ccccc3Br)o2)C2CC2)cc1. The van der Waals surface area contributed by atoms with E-state index in [-0.39, 0.29) is 0 Å². The molecule has 4 nitrogen and oxygen atoms in total. The largest absolute Gasteiger partial charge is 0.419 e. The van der Waals surface area contributed by atoms with Gasteiger partial charge in [-0.25, -0.2) is 0 Å². The van der Waals surface area contributed by atoms with E-state index >= 15 is 0 Å². The Labute approximate surface area is 159 Å². The third-order valence-electron chi connectivity index (χ3n) is 4.27. The monoisotopic (exact) mass is 417 g/mol. The summed E-state index contributed by atoms with van der Waals surface area (Å²) in [6.07, 6.45) is 2.44. The number of hydrogen-bond acceptors (Lipinski definition) is 4. The fourth-order valence-electron chi connectivity index (χ4n) is 2.81. The molecule has 0 saturated heterocycles. The quantitative estimate of drug-likeness (QED) is 0.543. The van der Waals surface area contributed by atoms with Gasteiger partial charge < -0.3 is 4.42 Å². The molecule has 6 heteroatoms. The van der Waals surface area contributed by atoms with E-state index < -0.39 is 0 Å². The van der Waals surface area contributed by atoms with Crippen molar-refractivity contribution in [1.82, 2.24) is 15.1 Å². The third kappa shape index (κ3) is 4.11. The van der Waals surface area contributed by atoms with Crippen molar-refractivity contribution in [3.05, 3.63) is 69.5 Å². The Morgan fingerprint density at radius 3 is 2.52 bits per heavy atom. The molecule has 0 aliphatic heterocycles. The van der Waals surface area contributed by atoms with Crippen molar-refractivity contribution in [3.63, 3.8) is 0 Å². The molecule has 0 N–H and O–H groups in total. The second-order valence-electron chi connectivity index (χ2n) is 6.24. The molecule has 0 bridgehead atoms.